The van der Waals surface area contributed by atoms with Gasteiger partial charge in [-0.25, -0.2) is 4.79 Å². The molecule has 2 fully saturated rings. The average molecular weight is 270 g/mol. The molecule has 0 aromatic rings. The van der Waals surface area contributed by atoms with Crippen molar-refractivity contribution in [1.82, 2.24) is 10.4 Å². The molecule has 0 bridgehead atoms. The third kappa shape index (κ3) is 3.03. The first-order valence-corrected chi connectivity index (χ1v) is 7.56. The Bertz CT molecular complexity index is 303. The standard InChI is InChI=1S/C14H26N2O3/c1-3-18-13(17)15-12-8-11-16(19-4-2)14(12)9-6-5-7-10-14/h12H,3-11H2,1-2H3,(H,15,17). The van der Waals surface area contributed by atoms with Gasteiger partial charge < -0.3 is 10.1 Å². The molecule has 0 radical (unpaired) electrons. The molecule has 1 N–H and O–H groups in total. The van der Waals surface area contributed by atoms with Crippen molar-refractivity contribution in [1.29, 1.82) is 0 Å². The lowest BCUT2D eigenvalue weighted by molar-refractivity contribution is -0.211. The number of nitrogens with zero attached hydrogens (tertiary/aromatic N) is 1. The number of rotatable bonds is 4. The van der Waals surface area contributed by atoms with Crippen LogP contribution in [0.2, 0.25) is 0 Å². The molecule has 1 aliphatic heterocycles. The van der Waals surface area contributed by atoms with Crippen molar-refractivity contribution in [2.75, 3.05) is 19.8 Å². The highest BCUT2D eigenvalue weighted by Gasteiger charge is 2.50. The second-order valence-electron chi connectivity index (χ2n) is 5.39. The number of hydrogen-bond donors (Lipinski definition) is 1. The summed E-state index contributed by atoms with van der Waals surface area (Å²) >= 11 is 0. The minimum Gasteiger partial charge on any atom is -0.450 e. The summed E-state index contributed by atoms with van der Waals surface area (Å²) in [7, 11) is 0. The van der Waals surface area contributed by atoms with Crippen LogP contribution in [0, 0.1) is 0 Å². The van der Waals surface area contributed by atoms with E-state index >= 15 is 0 Å². The van der Waals surface area contributed by atoms with E-state index in [1.807, 2.05) is 13.8 Å². The van der Waals surface area contributed by atoms with E-state index < -0.39 is 0 Å². The monoisotopic (exact) mass is 270 g/mol. The van der Waals surface area contributed by atoms with Gasteiger partial charge in [0.05, 0.1) is 24.8 Å². The molecule has 0 aromatic heterocycles. The van der Waals surface area contributed by atoms with Crippen LogP contribution in [0.1, 0.15) is 52.4 Å². The molecule has 1 saturated heterocycles. The Kier molecular flexibility index (Phi) is 5.05. The van der Waals surface area contributed by atoms with Crippen LogP contribution in [0.3, 0.4) is 0 Å². The highest BCUT2D eigenvalue weighted by Crippen LogP contribution is 2.42. The van der Waals surface area contributed by atoms with Crippen LogP contribution in [0.5, 0.6) is 0 Å². The molecular formula is C14H26N2O3. The van der Waals surface area contributed by atoms with Crippen LogP contribution in [0.15, 0.2) is 0 Å². The van der Waals surface area contributed by atoms with Gasteiger partial charge in [-0.15, -0.1) is 0 Å². The Morgan fingerprint density at radius 1 is 1.26 bits per heavy atom. The number of nitrogens with one attached hydrogen (secondary N) is 1. The molecule has 5 nitrogen and oxygen atoms in total. The Labute approximate surface area is 115 Å². The zero-order valence-corrected chi connectivity index (χ0v) is 12.1. The fourth-order valence-corrected chi connectivity index (χ4v) is 3.54. The van der Waals surface area contributed by atoms with Gasteiger partial charge in [0.25, 0.3) is 0 Å². The van der Waals surface area contributed by atoms with E-state index in [0.29, 0.717) is 13.2 Å². The molecule has 1 aliphatic carbocycles. The predicted molar refractivity (Wildman–Crippen MR) is 72.7 cm³/mol. The maximum Gasteiger partial charge on any atom is 0.407 e. The molecule has 1 spiro atoms. The first-order valence-electron chi connectivity index (χ1n) is 7.56. The zero-order chi connectivity index (χ0) is 13.7. The summed E-state index contributed by atoms with van der Waals surface area (Å²) < 4.78 is 5.02. The van der Waals surface area contributed by atoms with E-state index in [1.165, 1.54) is 19.3 Å². The average Bonchev–Trinajstić information content (AvgIpc) is 2.71. The summed E-state index contributed by atoms with van der Waals surface area (Å²) in [6.07, 6.45) is 6.56. The largest absolute Gasteiger partial charge is 0.450 e. The summed E-state index contributed by atoms with van der Waals surface area (Å²) in [5.74, 6) is 0. The third-order valence-corrected chi connectivity index (χ3v) is 4.34. The van der Waals surface area contributed by atoms with Crippen molar-refractivity contribution in [3.05, 3.63) is 0 Å². The van der Waals surface area contributed by atoms with Gasteiger partial charge in [0.2, 0.25) is 0 Å². The maximum absolute atomic E-state index is 11.7. The summed E-state index contributed by atoms with van der Waals surface area (Å²) in [4.78, 5) is 17.5. The van der Waals surface area contributed by atoms with E-state index in [0.717, 1.165) is 25.8 Å². The van der Waals surface area contributed by atoms with E-state index in [1.54, 1.807) is 0 Å². The number of hydrogen-bond acceptors (Lipinski definition) is 4. The van der Waals surface area contributed by atoms with Crippen LogP contribution in [0.25, 0.3) is 0 Å². The minimum atomic E-state index is -0.296. The Hall–Kier alpha value is -0.810. The fourth-order valence-electron chi connectivity index (χ4n) is 3.54. The summed E-state index contributed by atoms with van der Waals surface area (Å²) in [6, 6.07) is 0.151. The molecular weight excluding hydrogens is 244 g/mol. The van der Waals surface area contributed by atoms with Crippen molar-refractivity contribution in [2.45, 2.75) is 64.0 Å². The van der Waals surface area contributed by atoms with Gasteiger partial charge in [-0.1, -0.05) is 19.3 Å². The van der Waals surface area contributed by atoms with Crippen LogP contribution >= 0.6 is 0 Å². The molecule has 19 heavy (non-hydrogen) atoms. The van der Waals surface area contributed by atoms with Crippen molar-refractivity contribution >= 4 is 6.09 Å². The van der Waals surface area contributed by atoms with Gasteiger partial charge in [-0.05, 0) is 33.1 Å². The predicted octanol–water partition coefficient (Wildman–Crippen LogP) is 2.46. The SMILES string of the molecule is CCOC(=O)NC1CCN(OCC)C12CCCCC2. The molecule has 2 rings (SSSR count). The smallest absolute Gasteiger partial charge is 0.407 e. The van der Waals surface area contributed by atoms with E-state index in [4.69, 9.17) is 9.57 Å². The van der Waals surface area contributed by atoms with Crippen molar-refractivity contribution in [3.63, 3.8) is 0 Å². The Morgan fingerprint density at radius 3 is 2.63 bits per heavy atom. The Balaban J connectivity index is 2.06. The van der Waals surface area contributed by atoms with Crippen LogP contribution in [-0.4, -0.2) is 42.5 Å². The number of carbonyl (C=O) groups excluding carboxylic acids is 1. The van der Waals surface area contributed by atoms with E-state index in [9.17, 15) is 4.79 Å². The van der Waals surface area contributed by atoms with Crippen LogP contribution < -0.4 is 5.32 Å². The lowest BCUT2D eigenvalue weighted by atomic mass is 9.77. The normalized spacial score (nSPS) is 26.5. The highest BCUT2D eigenvalue weighted by atomic mass is 16.7. The van der Waals surface area contributed by atoms with Crippen LogP contribution in [-0.2, 0) is 9.57 Å². The number of alkyl carbamates (subject to hydrolysis) is 1. The van der Waals surface area contributed by atoms with E-state index in [-0.39, 0.29) is 17.7 Å². The highest BCUT2D eigenvalue weighted by molar-refractivity contribution is 5.67. The first-order chi connectivity index (χ1) is 9.23. The number of ether oxygens (including phenoxy) is 1. The van der Waals surface area contributed by atoms with E-state index in [2.05, 4.69) is 10.4 Å². The number of carbonyl (C=O) groups is 1. The molecule has 0 aromatic carbocycles. The van der Waals surface area contributed by atoms with Gasteiger partial charge in [0.15, 0.2) is 0 Å². The summed E-state index contributed by atoms with van der Waals surface area (Å²) in [5.41, 5.74) is -0.0129. The first kappa shape index (κ1) is 14.6. The molecule has 1 unspecified atom stereocenters. The number of amides is 1. The molecule has 1 saturated carbocycles. The van der Waals surface area contributed by atoms with Gasteiger partial charge in [-0.3, -0.25) is 4.84 Å². The van der Waals surface area contributed by atoms with Crippen molar-refractivity contribution in [3.8, 4) is 0 Å². The van der Waals surface area contributed by atoms with Gasteiger partial charge in [-0.2, -0.15) is 5.06 Å². The van der Waals surface area contributed by atoms with Gasteiger partial charge in [0, 0.05) is 6.54 Å². The molecule has 110 valence electrons. The van der Waals surface area contributed by atoms with Gasteiger partial charge >= 0.3 is 6.09 Å². The topological polar surface area (TPSA) is 50.8 Å². The van der Waals surface area contributed by atoms with Crippen molar-refractivity contribution in [2.24, 2.45) is 0 Å². The summed E-state index contributed by atoms with van der Waals surface area (Å²) in [5, 5.41) is 5.17. The molecule has 1 amide bonds. The lowest BCUT2D eigenvalue weighted by Gasteiger charge is -2.44. The van der Waals surface area contributed by atoms with Gasteiger partial charge in [0.1, 0.15) is 0 Å². The molecule has 1 heterocycles. The Morgan fingerprint density at radius 2 is 2.00 bits per heavy atom. The number of hydroxylamine groups is 2. The molecule has 2 aliphatic rings. The van der Waals surface area contributed by atoms with Crippen LogP contribution in [0.4, 0.5) is 4.79 Å². The second kappa shape index (κ2) is 6.57. The molecule has 1 atom stereocenters. The quantitative estimate of drug-likeness (QED) is 0.852. The lowest BCUT2D eigenvalue weighted by Crippen LogP contribution is -2.57. The second-order valence-corrected chi connectivity index (χ2v) is 5.39. The zero-order valence-electron chi connectivity index (χ0n) is 12.1. The fraction of sp³-hybridized carbons (Fsp3) is 0.929. The minimum absolute atomic E-state index is 0.0129. The maximum atomic E-state index is 11.7. The molecule has 5 heteroatoms. The van der Waals surface area contributed by atoms with Crippen molar-refractivity contribution < 1.29 is 14.4 Å². The third-order valence-electron chi connectivity index (χ3n) is 4.34. The summed E-state index contributed by atoms with van der Waals surface area (Å²) in [6.45, 7) is 5.85.